The molecule has 5 nitrogen and oxygen atoms in total. The zero-order valence-electron chi connectivity index (χ0n) is 11.6. The SMILES string of the molecule is Cl.NCCC1CCCN(Cc2cn3cccnc3n2)C1. The second-order valence-electron chi connectivity index (χ2n) is 5.38. The van der Waals surface area contributed by atoms with Gasteiger partial charge in [-0.25, -0.2) is 9.97 Å². The van der Waals surface area contributed by atoms with Gasteiger partial charge in [-0.15, -0.1) is 12.4 Å². The highest BCUT2D eigenvalue weighted by molar-refractivity contribution is 5.85. The van der Waals surface area contributed by atoms with Crippen molar-refractivity contribution in [3.05, 3.63) is 30.4 Å². The number of hydrogen-bond acceptors (Lipinski definition) is 4. The summed E-state index contributed by atoms with van der Waals surface area (Å²) in [6.45, 7) is 4.04. The number of likely N-dealkylation sites (tertiary alicyclic amines) is 1. The lowest BCUT2D eigenvalue weighted by Gasteiger charge is -2.32. The van der Waals surface area contributed by atoms with Crippen molar-refractivity contribution in [2.75, 3.05) is 19.6 Å². The van der Waals surface area contributed by atoms with E-state index in [0.717, 1.165) is 43.4 Å². The van der Waals surface area contributed by atoms with E-state index in [1.165, 1.54) is 19.4 Å². The van der Waals surface area contributed by atoms with E-state index in [-0.39, 0.29) is 12.4 Å². The molecule has 0 radical (unpaired) electrons. The fraction of sp³-hybridized carbons (Fsp3) is 0.571. The van der Waals surface area contributed by atoms with Crippen LogP contribution in [-0.2, 0) is 6.54 Å². The number of piperidine rings is 1. The van der Waals surface area contributed by atoms with E-state index in [0.29, 0.717) is 0 Å². The van der Waals surface area contributed by atoms with Crippen LogP contribution in [0.1, 0.15) is 25.0 Å². The molecule has 1 unspecified atom stereocenters. The third-order valence-corrected chi connectivity index (χ3v) is 3.85. The number of rotatable bonds is 4. The minimum absolute atomic E-state index is 0. The van der Waals surface area contributed by atoms with Crippen LogP contribution < -0.4 is 5.73 Å². The second kappa shape index (κ2) is 7.02. The quantitative estimate of drug-likeness (QED) is 0.933. The van der Waals surface area contributed by atoms with Crippen molar-refractivity contribution in [1.29, 1.82) is 0 Å². The lowest BCUT2D eigenvalue weighted by Crippen LogP contribution is -2.35. The van der Waals surface area contributed by atoms with E-state index < -0.39 is 0 Å². The Balaban J connectivity index is 0.00000147. The molecule has 20 heavy (non-hydrogen) atoms. The average molecular weight is 296 g/mol. The molecule has 0 aliphatic carbocycles. The molecule has 3 heterocycles. The van der Waals surface area contributed by atoms with E-state index >= 15 is 0 Å². The summed E-state index contributed by atoms with van der Waals surface area (Å²) in [7, 11) is 0. The predicted molar refractivity (Wildman–Crippen MR) is 81.9 cm³/mol. The number of nitrogens with zero attached hydrogens (tertiary/aromatic N) is 4. The van der Waals surface area contributed by atoms with Crippen molar-refractivity contribution in [3.8, 4) is 0 Å². The van der Waals surface area contributed by atoms with Gasteiger partial charge >= 0.3 is 0 Å². The van der Waals surface area contributed by atoms with Crippen LogP contribution in [0.25, 0.3) is 5.78 Å². The van der Waals surface area contributed by atoms with Gasteiger partial charge in [0.15, 0.2) is 0 Å². The number of fused-ring (bicyclic) bond motifs is 1. The molecule has 1 aliphatic heterocycles. The highest BCUT2D eigenvalue weighted by atomic mass is 35.5. The van der Waals surface area contributed by atoms with Crippen LogP contribution in [0.4, 0.5) is 0 Å². The minimum atomic E-state index is 0. The average Bonchev–Trinajstić information content (AvgIpc) is 2.81. The smallest absolute Gasteiger partial charge is 0.233 e. The van der Waals surface area contributed by atoms with E-state index in [1.54, 1.807) is 6.20 Å². The van der Waals surface area contributed by atoms with Gasteiger partial charge in [-0.05, 0) is 44.3 Å². The third-order valence-electron chi connectivity index (χ3n) is 3.85. The van der Waals surface area contributed by atoms with E-state index in [9.17, 15) is 0 Å². The van der Waals surface area contributed by atoms with E-state index in [1.807, 2.05) is 16.7 Å². The number of nitrogens with two attached hydrogens (primary N) is 1. The van der Waals surface area contributed by atoms with Crippen molar-refractivity contribution in [2.24, 2.45) is 11.7 Å². The molecule has 0 saturated carbocycles. The minimum Gasteiger partial charge on any atom is -0.330 e. The van der Waals surface area contributed by atoms with E-state index in [2.05, 4.69) is 21.1 Å². The van der Waals surface area contributed by atoms with Crippen LogP contribution in [0.5, 0.6) is 0 Å². The first-order chi connectivity index (χ1) is 9.35. The van der Waals surface area contributed by atoms with Crippen LogP contribution in [-0.4, -0.2) is 38.9 Å². The zero-order chi connectivity index (χ0) is 13.1. The van der Waals surface area contributed by atoms with E-state index in [4.69, 9.17) is 5.73 Å². The molecule has 0 spiro atoms. The number of hydrogen-bond donors (Lipinski definition) is 1. The summed E-state index contributed by atoms with van der Waals surface area (Å²) in [5, 5.41) is 0. The van der Waals surface area contributed by atoms with Gasteiger partial charge in [-0.3, -0.25) is 9.30 Å². The molecule has 0 aromatic carbocycles. The lowest BCUT2D eigenvalue weighted by molar-refractivity contribution is 0.161. The molecule has 1 fully saturated rings. The molecular weight excluding hydrogens is 274 g/mol. The van der Waals surface area contributed by atoms with Gasteiger partial charge in [-0.2, -0.15) is 0 Å². The fourth-order valence-corrected chi connectivity index (χ4v) is 2.95. The normalized spacial score (nSPS) is 19.9. The molecule has 110 valence electrons. The summed E-state index contributed by atoms with van der Waals surface area (Å²) in [4.78, 5) is 11.3. The Morgan fingerprint density at radius 1 is 1.40 bits per heavy atom. The monoisotopic (exact) mass is 295 g/mol. The van der Waals surface area contributed by atoms with Crippen molar-refractivity contribution < 1.29 is 0 Å². The zero-order valence-corrected chi connectivity index (χ0v) is 12.4. The Hall–Kier alpha value is -1.17. The molecule has 0 amide bonds. The molecule has 2 aromatic heterocycles. The first kappa shape index (κ1) is 15.2. The molecule has 1 saturated heterocycles. The first-order valence-corrected chi connectivity index (χ1v) is 7.06. The van der Waals surface area contributed by atoms with Crippen LogP contribution in [0.15, 0.2) is 24.7 Å². The lowest BCUT2D eigenvalue weighted by atomic mass is 9.95. The molecule has 6 heteroatoms. The van der Waals surface area contributed by atoms with Crippen molar-refractivity contribution >= 4 is 18.2 Å². The predicted octanol–water partition coefficient (Wildman–Crippen LogP) is 1.71. The van der Waals surface area contributed by atoms with Crippen LogP contribution >= 0.6 is 12.4 Å². The molecule has 2 aromatic rings. The molecule has 0 bridgehead atoms. The Morgan fingerprint density at radius 2 is 2.30 bits per heavy atom. The molecule has 3 rings (SSSR count). The fourth-order valence-electron chi connectivity index (χ4n) is 2.95. The maximum Gasteiger partial charge on any atom is 0.233 e. The van der Waals surface area contributed by atoms with Crippen LogP contribution in [0.2, 0.25) is 0 Å². The van der Waals surface area contributed by atoms with Crippen molar-refractivity contribution in [2.45, 2.75) is 25.8 Å². The van der Waals surface area contributed by atoms with Gasteiger partial charge in [0, 0.05) is 31.7 Å². The van der Waals surface area contributed by atoms with Crippen LogP contribution in [0, 0.1) is 5.92 Å². The van der Waals surface area contributed by atoms with Gasteiger partial charge in [0.2, 0.25) is 5.78 Å². The van der Waals surface area contributed by atoms with Crippen molar-refractivity contribution in [1.82, 2.24) is 19.3 Å². The third kappa shape index (κ3) is 3.48. The summed E-state index contributed by atoms with van der Waals surface area (Å²) in [5.74, 6) is 1.54. The largest absolute Gasteiger partial charge is 0.330 e. The molecule has 1 atom stereocenters. The van der Waals surface area contributed by atoms with Gasteiger partial charge in [0.05, 0.1) is 5.69 Å². The van der Waals surface area contributed by atoms with Crippen LogP contribution in [0.3, 0.4) is 0 Å². The maximum atomic E-state index is 5.67. The highest BCUT2D eigenvalue weighted by Gasteiger charge is 2.20. The molecular formula is C14H22ClN5. The summed E-state index contributed by atoms with van der Waals surface area (Å²) in [6.07, 6.45) is 9.59. The van der Waals surface area contributed by atoms with Gasteiger partial charge < -0.3 is 5.73 Å². The molecule has 1 aliphatic rings. The van der Waals surface area contributed by atoms with Gasteiger partial charge in [0.1, 0.15) is 0 Å². The Kier molecular flexibility index (Phi) is 5.34. The number of halogens is 1. The highest BCUT2D eigenvalue weighted by Crippen LogP contribution is 2.20. The summed E-state index contributed by atoms with van der Waals surface area (Å²) < 4.78 is 1.98. The van der Waals surface area contributed by atoms with Gasteiger partial charge in [0.25, 0.3) is 0 Å². The molecule has 2 N–H and O–H groups in total. The number of aromatic nitrogens is 3. The Bertz CT molecular complexity index is 506. The first-order valence-electron chi connectivity index (χ1n) is 7.06. The van der Waals surface area contributed by atoms with Gasteiger partial charge in [-0.1, -0.05) is 0 Å². The standard InChI is InChI=1S/C14H21N5.ClH/c15-5-4-12-3-1-7-18(9-12)10-13-11-19-8-2-6-16-14(19)17-13;/h2,6,8,11-12H,1,3-5,7,9-10,15H2;1H. The Morgan fingerprint density at radius 3 is 3.10 bits per heavy atom. The maximum absolute atomic E-state index is 5.67. The second-order valence-corrected chi connectivity index (χ2v) is 5.38. The summed E-state index contributed by atoms with van der Waals surface area (Å²) in [5.41, 5.74) is 6.77. The number of imidazole rings is 1. The summed E-state index contributed by atoms with van der Waals surface area (Å²) in [6, 6.07) is 1.93. The summed E-state index contributed by atoms with van der Waals surface area (Å²) >= 11 is 0. The Labute approximate surface area is 125 Å². The van der Waals surface area contributed by atoms with Crippen molar-refractivity contribution in [3.63, 3.8) is 0 Å². The topological polar surface area (TPSA) is 59.5 Å².